The Morgan fingerprint density at radius 1 is 1.77 bits per heavy atom. The molecule has 0 aliphatic heterocycles. The molecule has 0 spiro atoms. The van der Waals surface area contributed by atoms with Crippen LogP contribution in [0.25, 0.3) is 0 Å². The second kappa shape index (κ2) is 4.26. The van der Waals surface area contributed by atoms with Crippen LogP contribution in [0.2, 0.25) is 0 Å². The van der Waals surface area contributed by atoms with Crippen molar-refractivity contribution in [1.29, 1.82) is 5.26 Å². The molecule has 0 saturated carbocycles. The van der Waals surface area contributed by atoms with E-state index < -0.39 is 0 Å². The van der Waals surface area contributed by atoms with E-state index in [9.17, 15) is 0 Å². The maximum Gasteiger partial charge on any atom is 0.191 e. The molecular weight excluding hydrogens is 168 g/mol. The van der Waals surface area contributed by atoms with E-state index in [0.717, 1.165) is 0 Å². The van der Waals surface area contributed by atoms with Gasteiger partial charge < -0.3 is 9.72 Å². The smallest absolute Gasteiger partial charge is 0.191 e. The van der Waals surface area contributed by atoms with Gasteiger partial charge in [0, 0.05) is 0 Å². The lowest BCUT2D eigenvalue weighted by molar-refractivity contribution is 0.344. The number of hydrogen-bond acceptors (Lipinski definition) is 4. The van der Waals surface area contributed by atoms with Gasteiger partial charge in [-0.05, 0) is 13.8 Å². The van der Waals surface area contributed by atoms with Crippen LogP contribution in [0.1, 0.15) is 18.4 Å². The van der Waals surface area contributed by atoms with Gasteiger partial charge in [-0.25, -0.2) is 4.98 Å². The van der Waals surface area contributed by atoms with E-state index in [0.29, 0.717) is 23.9 Å². The molecule has 0 saturated heterocycles. The maximum absolute atomic E-state index is 8.65. The molecule has 0 atom stereocenters. The molecule has 5 heteroatoms. The van der Waals surface area contributed by atoms with Crippen LogP contribution >= 0.6 is 0 Å². The first-order valence-corrected chi connectivity index (χ1v) is 3.88. The number of aliphatic imine (C=N–C) groups is 1. The summed E-state index contributed by atoms with van der Waals surface area (Å²) in [7, 11) is 0. The number of imidazole rings is 1. The molecule has 0 aromatic carbocycles. The van der Waals surface area contributed by atoms with Crippen molar-refractivity contribution in [3.05, 3.63) is 11.5 Å². The molecule has 0 aliphatic rings. The molecule has 1 rings (SSSR count). The van der Waals surface area contributed by atoms with Crippen molar-refractivity contribution in [3.8, 4) is 6.07 Å². The summed E-state index contributed by atoms with van der Waals surface area (Å²) in [5.41, 5.74) is 0.355. The third-order valence-corrected chi connectivity index (χ3v) is 1.33. The summed E-state index contributed by atoms with van der Waals surface area (Å²) in [5.74, 6) is 1.04. The minimum atomic E-state index is 0.355. The third-order valence-electron chi connectivity index (χ3n) is 1.33. The van der Waals surface area contributed by atoms with Gasteiger partial charge in [-0.2, -0.15) is 10.3 Å². The van der Waals surface area contributed by atoms with Crippen LogP contribution in [0.3, 0.4) is 0 Å². The first-order chi connectivity index (χ1) is 6.27. The minimum absolute atomic E-state index is 0.355. The van der Waals surface area contributed by atoms with E-state index in [1.165, 1.54) is 6.40 Å². The second-order valence-electron chi connectivity index (χ2n) is 2.32. The van der Waals surface area contributed by atoms with Crippen molar-refractivity contribution in [2.24, 2.45) is 4.99 Å². The molecule has 0 fully saturated rings. The predicted molar refractivity (Wildman–Crippen MR) is 47.8 cm³/mol. The van der Waals surface area contributed by atoms with Gasteiger partial charge in [-0.15, -0.1) is 0 Å². The Kier molecular flexibility index (Phi) is 3.03. The lowest BCUT2D eigenvalue weighted by atomic mass is 10.5. The Labute approximate surface area is 76.1 Å². The van der Waals surface area contributed by atoms with E-state index in [1.54, 1.807) is 6.92 Å². The fourth-order valence-electron chi connectivity index (χ4n) is 0.813. The normalized spacial score (nSPS) is 10.2. The second-order valence-corrected chi connectivity index (χ2v) is 2.32. The zero-order valence-corrected chi connectivity index (χ0v) is 7.53. The first-order valence-electron chi connectivity index (χ1n) is 3.88. The number of aromatic nitrogens is 2. The fourth-order valence-corrected chi connectivity index (χ4v) is 0.813. The zero-order valence-electron chi connectivity index (χ0n) is 7.53. The van der Waals surface area contributed by atoms with Crippen LogP contribution in [0.4, 0.5) is 5.82 Å². The van der Waals surface area contributed by atoms with Crippen LogP contribution in [0.5, 0.6) is 0 Å². The summed E-state index contributed by atoms with van der Waals surface area (Å²) in [6.07, 6.45) is 1.29. The minimum Gasteiger partial charge on any atom is -0.483 e. The van der Waals surface area contributed by atoms with Crippen LogP contribution in [0, 0.1) is 18.3 Å². The van der Waals surface area contributed by atoms with Gasteiger partial charge in [-0.1, -0.05) is 0 Å². The average Bonchev–Trinajstić information content (AvgIpc) is 2.47. The van der Waals surface area contributed by atoms with Crippen molar-refractivity contribution in [3.63, 3.8) is 0 Å². The molecule has 0 amide bonds. The summed E-state index contributed by atoms with van der Waals surface area (Å²) >= 11 is 0. The molecule has 0 bridgehead atoms. The van der Waals surface area contributed by atoms with Crippen LogP contribution in [-0.4, -0.2) is 23.0 Å². The van der Waals surface area contributed by atoms with Crippen molar-refractivity contribution in [1.82, 2.24) is 9.97 Å². The topological polar surface area (TPSA) is 74.1 Å². The molecule has 13 heavy (non-hydrogen) atoms. The lowest BCUT2D eigenvalue weighted by Gasteiger charge is -1.89. The maximum atomic E-state index is 8.65. The molecule has 1 aromatic rings. The highest BCUT2D eigenvalue weighted by Gasteiger charge is 2.04. The monoisotopic (exact) mass is 178 g/mol. The summed E-state index contributed by atoms with van der Waals surface area (Å²) in [4.78, 5) is 10.7. The van der Waals surface area contributed by atoms with E-state index in [2.05, 4.69) is 15.0 Å². The highest BCUT2D eigenvalue weighted by molar-refractivity contribution is 5.56. The van der Waals surface area contributed by atoms with Crippen molar-refractivity contribution in [2.45, 2.75) is 13.8 Å². The lowest BCUT2D eigenvalue weighted by Crippen LogP contribution is -1.84. The quantitative estimate of drug-likeness (QED) is 0.559. The van der Waals surface area contributed by atoms with Gasteiger partial charge in [0.05, 0.1) is 6.61 Å². The molecule has 0 unspecified atom stereocenters. The van der Waals surface area contributed by atoms with Gasteiger partial charge >= 0.3 is 0 Å². The summed E-state index contributed by atoms with van der Waals surface area (Å²) in [6.45, 7) is 4.17. The molecule has 0 radical (unpaired) electrons. The van der Waals surface area contributed by atoms with Crippen molar-refractivity contribution < 1.29 is 4.74 Å². The molecule has 68 valence electrons. The summed E-state index contributed by atoms with van der Waals surface area (Å²) < 4.78 is 4.89. The Morgan fingerprint density at radius 3 is 3.15 bits per heavy atom. The zero-order chi connectivity index (χ0) is 9.68. The van der Waals surface area contributed by atoms with E-state index >= 15 is 0 Å². The van der Waals surface area contributed by atoms with Gasteiger partial charge in [0.1, 0.15) is 11.9 Å². The predicted octanol–water partition coefficient (Wildman–Crippen LogP) is 1.29. The van der Waals surface area contributed by atoms with E-state index in [1.807, 2.05) is 13.0 Å². The van der Waals surface area contributed by atoms with Gasteiger partial charge in [0.15, 0.2) is 17.9 Å². The average molecular weight is 178 g/mol. The number of H-pyrrole nitrogens is 1. The highest BCUT2D eigenvalue weighted by Crippen LogP contribution is 2.13. The van der Waals surface area contributed by atoms with Crippen LogP contribution in [-0.2, 0) is 4.74 Å². The summed E-state index contributed by atoms with van der Waals surface area (Å²) in [6, 6.07) is 1.96. The van der Waals surface area contributed by atoms with E-state index in [-0.39, 0.29) is 0 Å². The molecule has 1 N–H and O–H groups in total. The third kappa shape index (κ3) is 2.30. The van der Waals surface area contributed by atoms with Gasteiger partial charge in [0.25, 0.3) is 0 Å². The molecular formula is C8H10N4O. The number of hydrogen-bond donors (Lipinski definition) is 1. The number of aromatic amines is 1. The largest absolute Gasteiger partial charge is 0.483 e. The van der Waals surface area contributed by atoms with Gasteiger partial charge in [0.2, 0.25) is 0 Å². The number of nitrogens with zero attached hydrogens (tertiary/aromatic N) is 3. The first kappa shape index (κ1) is 9.26. The van der Waals surface area contributed by atoms with Crippen molar-refractivity contribution in [2.75, 3.05) is 6.61 Å². The Bertz CT molecular complexity index is 348. The number of nitriles is 1. The number of rotatable bonds is 3. The number of nitrogens with one attached hydrogen (secondary N) is 1. The molecule has 0 aliphatic carbocycles. The molecule has 5 nitrogen and oxygen atoms in total. The molecule has 1 aromatic heterocycles. The summed E-state index contributed by atoms with van der Waals surface area (Å²) in [5, 5.41) is 8.65. The Hall–Kier alpha value is -1.83. The highest BCUT2D eigenvalue weighted by atomic mass is 16.5. The number of aryl methyl sites for hydroxylation is 1. The fraction of sp³-hybridized carbons (Fsp3) is 0.375. The van der Waals surface area contributed by atoms with Crippen LogP contribution < -0.4 is 0 Å². The van der Waals surface area contributed by atoms with E-state index in [4.69, 9.17) is 10.00 Å². The number of ether oxygens (including phenoxy) is 1. The van der Waals surface area contributed by atoms with Crippen LogP contribution in [0.15, 0.2) is 4.99 Å². The SMILES string of the molecule is CCO/C=N/c1nc(C)[nH]c1C#N. The molecule has 1 heterocycles. The Balaban J connectivity index is 2.82. The Morgan fingerprint density at radius 2 is 2.54 bits per heavy atom. The van der Waals surface area contributed by atoms with Gasteiger partial charge in [-0.3, -0.25) is 0 Å². The van der Waals surface area contributed by atoms with Crippen molar-refractivity contribution >= 4 is 12.2 Å². The standard InChI is InChI=1S/C8H10N4O/c1-3-13-5-10-8-7(4-9)11-6(2)12-8/h5H,3H2,1-2H3,(H,11,12)/b10-5+.